The van der Waals surface area contributed by atoms with Crippen LogP contribution in [0.5, 0.6) is 0 Å². The molecule has 110 valence electrons. The molecule has 0 spiro atoms. The van der Waals surface area contributed by atoms with Crippen LogP contribution in [0.2, 0.25) is 0 Å². The Morgan fingerprint density at radius 2 is 2.05 bits per heavy atom. The van der Waals surface area contributed by atoms with Gasteiger partial charge in [0.25, 0.3) is 0 Å². The summed E-state index contributed by atoms with van der Waals surface area (Å²) in [7, 11) is 0. The standard InChI is InChI=1S/C14H12F3N3O/c1-8-9(2)21-13(20-8)7-19-11-4-3-10(6-18)12(5-11)14(15,16)17/h3-5,19H,7H2,1-2H3. The lowest BCUT2D eigenvalue weighted by atomic mass is 10.1. The van der Waals surface area contributed by atoms with E-state index in [0.717, 1.165) is 17.8 Å². The summed E-state index contributed by atoms with van der Waals surface area (Å²) >= 11 is 0. The number of anilines is 1. The van der Waals surface area contributed by atoms with E-state index in [9.17, 15) is 13.2 Å². The number of benzene rings is 1. The van der Waals surface area contributed by atoms with Gasteiger partial charge in [-0.15, -0.1) is 0 Å². The van der Waals surface area contributed by atoms with Crippen LogP contribution in [-0.4, -0.2) is 4.98 Å². The molecule has 0 saturated heterocycles. The van der Waals surface area contributed by atoms with Gasteiger partial charge in [-0.25, -0.2) is 4.98 Å². The van der Waals surface area contributed by atoms with E-state index in [0.29, 0.717) is 11.7 Å². The van der Waals surface area contributed by atoms with Crippen LogP contribution in [0.4, 0.5) is 18.9 Å². The molecule has 0 fully saturated rings. The first-order valence-corrected chi connectivity index (χ1v) is 6.09. The van der Waals surface area contributed by atoms with Gasteiger partial charge >= 0.3 is 6.18 Å². The fourth-order valence-electron chi connectivity index (χ4n) is 1.78. The third-order valence-corrected chi connectivity index (χ3v) is 2.96. The van der Waals surface area contributed by atoms with Crippen molar-refractivity contribution in [1.29, 1.82) is 5.26 Å². The average Bonchev–Trinajstić information content (AvgIpc) is 2.74. The monoisotopic (exact) mass is 295 g/mol. The van der Waals surface area contributed by atoms with E-state index in [1.807, 2.05) is 0 Å². The van der Waals surface area contributed by atoms with Crippen LogP contribution >= 0.6 is 0 Å². The van der Waals surface area contributed by atoms with Crippen molar-refractivity contribution in [3.05, 3.63) is 46.7 Å². The Labute approximate surface area is 119 Å². The van der Waals surface area contributed by atoms with Crippen molar-refractivity contribution >= 4 is 5.69 Å². The molecule has 0 atom stereocenters. The maximum Gasteiger partial charge on any atom is 0.417 e. The van der Waals surface area contributed by atoms with Gasteiger partial charge in [0.2, 0.25) is 5.89 Å². The molecule has 0 aliphatic heterocycles. The molecule has 21 heavy (non-hydrogen) atoms. The zero-order valence-corrected chi connectivity index (χ0v) is 11.4. The van der Waals surface area contributed by atoms with Gasteiger partial charge in [-0.2, -0.15) is 18.4 Å². The summed E-state index contributed by atoms with van der Waals surface area (Å²) in [4.78, 5) is 4.13. The Balaban J connectivity index is 2.20. The molecule has 0 saturated carbocycles. The molecule has 0 aliphatic rings. The van der Waals surface area contributed by atoms with E-state index in [4.69, 9.17) is 9.68 Å². The number of aromatic nitrogens is 1. The first-order chi connectivity index (χ1) is 9.81. The van der Waals surface area contributed by atoms with E-state index in [2.05, 4.69) is 10.3 Å². The molecule has 7 heteroatoms. The maximum absolute atomic E-state index is 12.8. The highest BCUT2D eigenvalue weighted by atomic mass is 19.4. The molecule has 4 nitrogen and oxygen atoms in total. The number of halogens is 3. The van der Waals surface area contributed by atoms with Gasteiger partial charge in [0.15, 0.2) is 0 Å². The largest absolute Gasteiger partial charge is 0.444 e. The number of rotatable bonds is 3. The van der Waals surface area contributed by atoms with Crippen LogP contribution in [0.1, 0.15) is 28.5 Å². The van der Waals surface area contributed by atoms with Gasteiger partial charge in [-0.05, 0) is 32.0 Å². The van der Waals surface area contributed by atoms with Gasteiger partial charge < -0.3 is 9.73 Å². The lowest BCUT2D eigenvalue weighted by Gasteiger charge is -2.11. The van der Waals surface area contributed by atoms with Gasteiger partial charge in [-0.1, -0.05) is 0 Å². The minimum Gasteiger partial charge on any atom is -0.444 e. The predicted molar refractivity (Wildman–Crippen MR) is 69.5 cm³/mol. The van der Waals surface area contributed by atoms with E-state index in [-0.39, 0.29) is 12.2 Å². The molecule has 0 amide bonds. The summed E-state index contributed by atoms with van der Waals surface area (Å²) in [6, 6.07) is 4.99. The molecule has 1 aromatic carbocycles. The number of hydrogen-bond donors (Lipinski definition) is 1. The number of nitriles is 1. The smallest absolute Gasteiger partial charge is 0.417 e. The lowest BCUT2D eigenvalue weighted by Crippen LogP contribution is -2.09. The van der Waals surface area contributed by atoms with Crippen molar-refractivity contribution in [2.45, 2.75) is 26.6 Å². The van der Waals surface area contributed by atoms with Crippen LogP contribution < -0.4 is 5.32 Å². The summed E-state index contributed by atoms with van der Waals surface area (Å²) < 4.78 is 43.8. The first kappa shape index (κ1) is 14.9. The third-order valence-electron chi connectivity index (χ3n) is 2.96. The van der Waals surface area contributed by atoms with E-state index in [1.165, 1.54) is 12.1 Å². The second kappa shape index (κ2) is 5.48. The highest BCUT2D eigenvalue weighted by Gasteiger charge is 2.33. The molecular formula is C14H12F3N3O. The van der Waals surface area contributed by atoms with Crippen LogP contribution in [0.15, 0.2) is 22.6 Å². The quantitative estimate of drug-likeness (QED) is 0.935. The molecule has 1 aromatic heterocycles. The summed E-state index contributed by atoms with van der Waals surface area (Å²) in [5.74, 6) is 1.06. The van der Waals surface area contributed by atoms with Crippen molar-refractivity contribution < 1.29 is 17.6 Å². The molecule has 0 aliphatic carbocycles. The summed E-state index contributed by atoms with van der Waals surface area (Å²) in [5, 5.41) is 11.5. The maximum atomic E-state index is 12.8. The predicted octanol–water partition coefficient (Wildman–Crippen LogP) is 3.79. The number of aryl methyl sites for hydroxylation is 2. The molecule has 1 N–H and O–H groups in total. The number of alkyl halides is 3. The number of nitrogens with one attached hydrogen (secondary N) is 1. The van der Waals surface area contributed by atoms with Crippen molar-refractivity contribution in [2.75, 3.05) is 5.32 Å². The summed E-state index contributed by atoms with van der Waals surface area (Å²) in [6.45, 7) is 3.71. The summed E-state index contributed by atoms with van der Waals surface area (Å²) in [6.07, 6.45) is -4.57. The first-order valence-electron chi connectivity index (χ1n) is 6.09. The topological polar surface area (TPSA) is 61.9 Å². The highest BCUT2D eigenvalue weighted by Crippen LogP contribution is 2.33. The average molecular weight is 295 g/mol. The van der Waals surface area contributed by atoms with Crippen molar-refractivity contribution in [3.63, 3.8) is 0 Å². The number of nitrogens with zero attached hydrogens (tertiary/aromatic N) is 2. The van der Waals surface area contributed by atoms with E-state index in [1.54, 1.807) is 13.8 Å². The number of oxazole rings is 1. The van der Waals surface area contributed by atoms with Gasteiger partial charge in [0.1, 0.15) is 5.76 Å². The highest BCUT2D eigenvalue weighted by molar-refractivity contribution is 5.53. The summed E-state index contributed by atoms with van der Waals surface area (Å²) in [5.41, 5.74) is -0.386. The lowest BCUT2D eigenvalue weighted by molar-refractivity contribution is -0.137. The molecule has 2 rings (SSSR count). The molecule has 1 heterocycles. The SMILES string of the molecule is Cc1nc(CNc2ccc(C#N)c(C(F)(F)F)c2)oc1C. The Morgan fingerprint density at radius 1 is 1.33 bits per heavy atom. The minimum absolute atomic E-state index is 0.165. The Morgan fingerprint density at radius 3 is 2.57 bits per heavy atom. The van der Waals surface area contributed by atoms with Crippen molar-refractivity contribution in [3.8, 4) is 6.07 Å². The van der Waals surface area contributed by atoms with Crippen LogP contribution in [-0.2, 0) is 12.7 Å². The normalized spacial score (nSPS) is 11.2. The van der Waals surface area contributed by atoms with E-state index >= 15 is 0 Å². The van der Waals surface area contributed by atoms with Gasteiger partial charge in [0, 0.05) is 5.69 Å². The molecular weight excluding hydrogens is 283 g/mol. The second-order valence-electron chi connectivity index (χ2n) is 4.47. The van der Waals surface area contributed by atoms with Crippen LogP contribution in [0.3, 0.4) is 0 Å². The third kappa shape index (κ3) is 3.34. The fraction of sp³-hybridized carbons (Fsp3) is 0.286. The molecule has 0 bridgehead atoms. The second-order valence-corrected chi connectivity index (χ2v) is 4.47. The van der Waals surface area contributed by atoms with Gasteiger partial charge in [0.05, 0.1) is 29.4 Å². The zero-order valence-electron chi connectivity index (χ0n) is 11.4. The van der Waals surface area contributed by atoms with Crippen molar-refractivity contribution in [2.24, 2.45) is 0 Å². The van der Waals surface area contributed by atoms with Crippen LogP contribution in [0, 0.1) is 25.2 Å². The van der Waals surface area contributed by atoms with Gasteiger partial charge in [-0.3, -0.25) is 0 Å². The minimum atomic E-state index is -4.57. The number of hydrogen-bond acceptors (Lipinski definition) is 4. The van der Waals surface area contributed by atoms with E-state index < -0.39 is 17.3 Å². The van der Waals surface area contributed by atoms with Crippen molar-refractivity contribution in [1.82, 2.24) is 4.98 Å². The Kier molecular flexibility index (Phi) is 3.89. The zero-order chi connectivity index (χ0) is 15.6. The molecule has 2 aromatic rings. The molecule has 0 radical (unpaired) electrons. The fourth-order valence-corrected chi connectivity index (χ4v) is 1.78. The Bertz CT molecular complexity index is 679. The molecule has 0 unspecified atom stereocenters. The Hall–Kier alpha value is -2.49. The van der Waals surface area contributed by atoms with Crippen LogP contribution in [0.25, 0.3) is 0 Å².